The van der Waals surface area contributed by atoms with E-state index in [4.69, 9.17) is 4.74 Å². The van der Waals surface area contributed by atoms with Gasteiger partial charge in [-0.3, -0.25) is 0 Å². The van der Waals surface area contributed by atoms with Crippen LogP contribution in [0.5, 0.6) is 0 Å². The summed E-state index contributed by atoms with van der Waals surface area (Å²) >= 11 is 0. The van der Waals surface area contributed by atoms with E-state index in [1.807, 2.05) is 6.92 Å². The zero-order chi connectivity index (χ0) is 11.2. The zero-order valence-electron chi connectivity index (χ0n) is 8.81. The molecule has 0 bridgehead atoms. The third kappa shape index (κ3) is 7.53. The molecule has 0 aromatic rings. The molecule has 0 N–H and O–H groups in total. The molecule has 0 heterocycles. The number of rotatable bonds is 5. The van der Waals surface area contributed by atoms with Crippen LogP contribution in [0.3, 0.4) is 0 Å². The maximum Gasteiger partial charge on any atom is 0.278 e. The molecule has 0 spiro atoms. The van der Waals surface area contributed by atoms with Crippen molar-refractivity contribution in [2.75, 3.05) is 6.61 Å². The van der Waals surface area contributed by atoms with E-state index in [1.54, 1.807) is 25.2 Å². The molecular formula is C11H16F2O. The van der Waals surface area contributed by atoms with Crippen molar-refractivity contribution in [1.29, 1.82) is 0 Å². The van der Waals surface area contributed by atoms with Gasteiger partial charge in [0.15, 0.2) is 6.61 Å². The Hall–Kier alpha value is -1.12. The highest BCUT2D eigenvalue weighted by molar-refractivity contribution is 5.20. The van der Waals surface area contributed by atoms with Crippen molar-refractivity contribution in [3.05, 3.63) is 36.1 Å². The van der Waals surface area contributed by atoms with Crippen molar-refractivity contribution in [3.63, 3.8) is 0 Å². The maximum absolute atomic E-state index is 12.4. The fourth-order valence-electron chi connectivity index (χ4n) is 0.606. The topological polar surface area (TPSA) is 9.23 Å². The molecule has 0 amide bonds. The van der Waals surface area contributed by atoms with Crippen LogP contribution in [0.1, 0.15) is 20.8 Å². The standard InChI is InChI=1S/C11H16F2O/c1-5-9(2)6-7-10(3)14-8-11(4,12)13/h5-7H,1,8H2,2-4H3/b9-6-,10-7+. The van der Waals surface area contributed by atoms with Crippen molar-refractivity contribution in [1.82, 2.24) is 0 Å². The summed E-state index contributed by atoms with van der Waals surface area (Å²) in [6.07, 6.45) is 5.08. The highest BCUT2D eigenvalue weighted by atomic mass is 19.3. The molecule has 0 fully saturated rings. The Labute approximate surface area is 83.8 Å². The van der Waals surface area contributed by atoms with Crippen molar-refractivity contribution in [3.8, 4) is 0 Å². The van der Waals surface area contributed by atoms with E-state index in [-0.39, 0.29) is 0 Å². The maximum atomic E-state index is 12.4. The van der Waals surface area contributed by atoms with Crippen LogP contribution in [-0.2, 0) is 4.74 Å². The van der Waals surface area contributed by atoms with Crippen molar-refractivity contribution in [2.45, 2.75) is 26.7 Å². The monoisotopic (exact) mass is 202 g/mol. The molecule has 0 radical (unpaired) electrons. The predicted octanol–water partition coefficient (Wildman–Crippen LogP) is 3.69. The van der Waals surface area contributed by atoms with Gasteiger partial charge in [-0.2, -0.15) is 0 Å². The second kappa shape index (κ2) is 5.58. The number of hydrogen-bond donors (Lipinski definition) is 0. The summed E-state index contributed by atoms with van der Waals surface area (Å²) in [5.41, 5.74) is 0.955. The zero-order valence-corrected chi connectivity index (χ0v) is 8.81. The molecule has 0 aliphatic carbocycles. The summed E-state index contributed by atoms with van der Waals surface area (Å²) in [5, 5.41) is 0. The van der Waals surface area contributed by atoms with Gasteiger partial charge in [0.25, 0.3) is 5.92 Å². The first-order valence-electron chi connectivity index (χ1n) is 4.33. The molecule has 0 atom stereocenters. The molecule has 14 heavy (non-hydrogen) atoms. The Kier molecular flexibility index (Phi) is 5.13. The first-order chi connectivity index (χ1) is 6.35. The van der Waals surface area contributed by atoms with Gasteiger partial charge in [-0.15, -0.1) is 0 Å². The van der Waals surface area contributed by atoms with Crippen molar-refractivity contribution >= 4 is 0 Å². The lowest BCUT2D eigenvalue weighted by Gasteiger charge is -2.11. The largest absolute Gasteiger partial charge is 0.492 e. The van der Waals surface area contributed by atoms with Crippen LogP contribution < -0.4 is 0 Å². The predicted molar refractivity (Wildman–Crippen MR) is 54.3 cm³/mol. The molecule has 0 unspecified atom stereocenters. The van der Waals surface area contributed by atoms with Gasteiger partial charge in [0.2, 0.25) is 0 Å². The van der Waals surface area contributed by atoms with Crippen LogP contribution in [0, 0.1) is 0 Å². The molecule has 0 aliphatic heterocycles. The first kappa shape index (κ1) is 12.9. The van der Waals surface area contributed by atoms with Gasteiger partial charge in [0.1, 0.15) is 0 Å². The lowest BCUT2D eigenvalue weighted by atomic mass is 10.2. The SMILES string of the molecule is C=C/C(C)=C\C=C(/C)OCC(C)(F)F. The molecule has 3 heteroatoms. The first-order valence-corrected chi connectivity index (χ1v) is 4.33. The lowest BCUT2D eigenvalue weighted by molar-refractivity contribution is -0.0434. The highest BCUT2D eigenvalue weighted by Gasteiger charge is 2.21. The molecule has 0 aromatic heterocycles. The Bertz CT molecular complexity index is 247. The minimum absolute atomic E-state index is 0.465. The van der Waals surface area contributed by atoms with E-state index in [1.165, 1.54) is 0 Å². The number of ether oxygens (including phenoxy) is 1. The van der Waals surface area contributed by atoms with Gasteiger partial charge in [-0.05, 0) is 19.9 Å². The Morgan fingerprint density at radius 3 is 2.36 bits per heavy atom. The average Bonchev–Trinajstić information content (AvgIpc) is 2.09. The van der Waals surface area contributed by atoms with E-state index < -0.39 is 12.5 Å². The molecule has 0 aliphatic rings. The van der Waals surface area contributed by atoms with Gasteiger partial charge in [-0.1, -0.05) is 24.3 Å². The average molecular weight is 202 g/mol. The van der Waals surface area contributed by atoms with Crippen LogP contribution >= 0.6 is 0 Å². The van der Waals surface area contributed by atoms with Gasteiger partial charge in [0.05, 0.1) is 5.76 Å². The number of hydrogen-bond acceptors (Lipinski definition) is 1. The molecule has 80 valence electrons. The van der Waals surface area contributed by atoms with E-state index in [0.29, 0.717) is 5.76 Å². The smallest absolute Gasteiger partial charge is 0.278 e. The van der Waals surface area contributed by atoms with Crippen LogP contribution in [0.15, 0.2) is 36.1 Å². The van der Waals surface area contributed by atoms with E-state index in [0.717, 1.165) is 12.5 Å². The minimum atomic E-state index is -2.79. The van der Waals surface area contributed by atoms with Crippen LogP contribution in [0.2, 0.25) is 0 Å². The Morgan fingerprint density at radius 1 is 1.36 bits per heavy atom. The molecule has 0 rings (SSSR count). The summed E-state index contributed by atoms with van der Waals surface area (Å²) in [6.45, 7) is 7.31. The Balaban J connectivity index is 4.09. The van der Waals surface area contributed by atoms with E-state index in [9.17, 15) is 8.78 Å². The van der Waals surface area contributed by atoms with Gasteiger partial charge in [-0.25, -0.2) is 8.78 Å². The molecule has 0 saturated carbocycles. The number of allylic oxidation sites excluding steroid dienone is 5. The van der Waals surface area contributed by atoms with Gasteiger partial charge in [0, 0.05) is 6.92 Å². The second-order valence-electron chi connectivity index (χ2n) is 3.25. The number of alkyl halides is 2. The summed E-state index contributed by atoms with van der Waals surface area (Å²) < 4.78 is 29.6. The summed E-state index contributed by atoms with van der Waals surface area (Å²) in [6, 6.07) is 0. The minimum Gasteiger partial charge on any atom is -0.492 e. The van der Waals surface area contributed by atoms with Gasteiger partial charge < -0.3 is 4.74 Å². The second-order valence-corrected chi connectivity index (χ2v) is 3.25. The van der Waals surface area contributed by atoms with E-state index >= 15 is 0 Å². The van der Waals surface area contributed by atoms with Crippen LogP contribution in [0.25, 0.3) is 0 Å². The van der Waals surface area contributed by atoms with Crippen LogP contribution in [0.4, 0.5) is 8.78 Å². The summed E-state index contributed by atoms with van der Waals surface area (Å²) in [7, 11) is 0. The number of halogens is 2. The molecule has 0 saturated heterocycles. The quantitative estimate of drug-likeness (QED) is 0.488. The van der Waals surface area contributed by atoms with Crippen LogP contribution in [-0.4, -0.2) is 12.5 Å². The molecular weight excluding hydrogens is 186 g/mol. The normalized spacial score (nSPS) is 14.1. The Morgan fingerprint density at radius 2 is 1.93 bits per heavy atom. The third-order valence-electron chi connectivity index (χ3n) is 1.46. The third-order valence-corrected chi connectivity index (χ3v) is 1.46. The highest BCUT2D eigenvalue weighted by Crippen LogP contribution is 2.13. The summed E-state index contributed by atoms with van der Waals surface area (Å²) in [4.78, 5) is 0. The fraction of sp³-hybridized carbons (Fsp3) is 0.455. The van der Waals surface area contributed by atoms with E-state index in [2.05, 4.69) is 6.58 Å². The van der Waals surface area contributed by atoms with Gasteiger partial charge >= 0.3 is 0 Å². The molecule has 0 aromatic carbocycles. The fourth-order valence-corrected chi connectivity index (χ4v) is 0.606. The molecule has 1 nitrogen and oxygen atoms in total. The summed E-state index contributed by atoms with van der Waals surface area (Å²) in [5.74, 6) is -2.32. The van der Waals surface area contributed by atoms with Crippen molar-refractivity contribution in [2.24, 2.45) is 0 Å². The lowest BCUT2D eigenvalue weighted by Crippen LogP contribution is -2.17. The van der Waals surface area contributed by atoms with Crippen molar-refractivity contribution < 1.29 is 13.5 Å².